The Labute approximate surface area is 165 Å². The van der Waals surface area contributed by atoms with Crippen molar-refractivity contribution in [3.05, 3.63) is 95.6 Å². The van der Waals surface area contributed by atoms with Gasteiger partial charge in [0.1, 0.15) is 11.6 Å². The third-order valence-electron chi connectivity index (χ3n) is 3.66. The van der Waals surface area contributed by atoms with Crippen LogP contribution in [0.2, 0.25) is 0 Å². The highest BCUT2D eigenvalue weighted by Crippen LogP contribution is 2.21. The molecule has 0 unspecified atom stereocenters. The molecule has 3 rings (SSSR count). The van der Waals surface area contributed by atoms with E-state index in [4.69, 9.17) is 0 Å². The van der Waals surface area contributed by atoms with Gasteiger partial charge in [-0.1, -0.05) is 62.8 Å². The Morgan fingerprint density at radius 2 is 1.36 bits per heavy atom. The van der Waals surface area contributed by atoms with Crippen LogP contribution >= 0.6 is 0 Å². The molecule has 0 bridgehead atoms. The zero-order valence-corrected chi connectivity index (χ0v) is 16.6. The lowest BCUT2D eigenvalue weighted by molar-refractivity contribution is 0.581. The molecule has 0 N–H and O–H groups in total. The predicted octanol–water partition coefficient (Wildman–Crippen LogP) is 6.38. The Kier molecular flexibility index (Phi) is 7.64. The molecule has 0 saturated carbocycles. The van der Waals surface area contributed by atoms with E-state index in [9.17, 15) is 17.2 Å². The molecule has 2 nitrogen and oxygen atoms in total. The number of halogens is 2. The third-order valence-corrected chi connectivity index (χ3v) is 5.45. The second-order valence-corrected chi connectivity index (χ2v) is 8.04. The second kappa shape index (κ2) is 9.95. The van der Waals surface area contributed by atoms with Gasteiger partial charge >= 0.3 is 0 Å². The Balaban J connectivity index is 0.000000878. The number of hydrogen-bond donors (Lipinski definition) is 0. The Morgan fingerprint density at radius 1 is 0.786 bits per heavy atom. The van der Waals surface area contributed by atoms with Crippen LogP contribution in [-0.4, -0.2) is 8.42 Å². The van der Waals surface area contributed by atoms with Crippen LogP contribution in [-0.2, 0) is 9.84 Å². The maximum atomic E-state index is 13.6. The molecule has 3 aromatic rings. The third kappa shape index (κ3) is 5.60. The summed E-state index contributed by atoms with van der Waals surface area (Å²) < 4.78 is 51.5. The quantitative estimate of drug-likeness (QED) is 0.476. The lowest BCUT2D eigenvalue weighted by Gasteiger charge is -2.05. The van der Waals surface area contributed by atoms with Gasteiger partial charge in [-0.15, -0.1) is 0 Å². The van der Waals surface area contributed by atoms with Gasteiger partial charge in [-0.25, -0.2) is 17.2 Å². The van der Waals surface area contributed by atoms with Crippen molar-refractivity contribution in [2.45, 2.75) is 30.1 Å². The summed E-state index contributed by atoms with van der Waals surface area (Å²) >= 11 is 0. The summed E-state index contributed by atoms with van der Waals surface area (Å²) in [6.07, 6.45) is 4.39. The van der Waals surface area contributed by atoms with Gasteiger partial charge in [0.25, 0.3) is 0 Å². The van der Waals surface area contributed by atoms with Gasteiger partial charge < -0.3 is 0 Å². The van der Waals surface area contributed by atoms with Crippen molar-refractivity contribution in [2.75, 3.05) is 0 Å². The van der Waals surface area contributed by atoms with Crippen LogP contribution in [0.5, 0.6) is 0 Å². The molecule has 0 fully saturated rings. The molecule has 0 amide bonds. The zero-order chi connectivity index (χ0) is 20.6. The number of hydrogen-bond acceptors (Lipinski definition) is 2. The summed E-state index contributed by atoms with van der Waals surface area (Å²) in [5.41, 5.74) is 0.957. The Morgan fingerprint density at radius 3 is 1.93 bits per heavy atom. The first-order valence-electron chi connectivity index (χ1n) is 8.91. The van der Waals surface area contributed by atoms with Crippen LogP contribution in [0.1, 0.15) is 31.4 Å². The molecule has 0 radical (unpaired) electrons. The minimum Gasteiger partial charge on any atom is -0.219 e. The van der Waals surface area contributed by atoms with E-state index in [0.717, 1.165) is 6.07 Å². The lowest BCUT2D eigenvalue weighted by Crippen LogP contribution is -2.01. The maximum absolute atomic E-state index is 13.6. The molecule has 0 spiro atoms. The molecule has 0 heterocycles. The van der Waals surface area contributed by atoms with E-state index in [1.165, 1.54) is 36.8 Å². The first kappa shape index (κ1) is 21.5. The molecular weight excluding hydrogens is 378 g/mol. The summed E-state index contributed by atoms with van der Waals surface area (Å²) in [6, 6.07) is 17.8. The normalized spacial score (nSPS) is 11.1. The minimum absolute atomic E-state index is 0.184. The Bertz CT molecular complexity index is 1030. The highest BCUT2D eigenvalue weighted by Gasteiger charge is 2.16. The SMILES string of the molecule is CCC.O=S(=O)(c1ccccc1)c1ccc(/C=C/c2ccc(F)cc2F)cc1. The second-order valence-electron chi connectivity index (χ2n) is 6.09. The van der Waals surface area contributed by atoms with E-state index in [1.54, 1.807) is 48.5 Å². The largest absolute Gasteiger partial charge is 0.219 e. The van der Waals surface area contributed by atoms with Crippen molar-refractivity contribution in [3.8, 4) is 0 Å². The highest BCUT2D eigenvalue weighted by molar-refractivity contribution is 7.91. The van der Waals surface area contributed by atoms with Crippen LogP contribution in [0.3, 0.4) is 0 Å². The smallest absolute Gasteiger partial charge is 0.206 e. The van der Waals surface area contributed by atoms with Gasteiger partial charge in [-0.2, -0.15) is 0 Å². The molecular formula is C23H22F2O2S. The number of rotatable bonds is 4. The predicted molar refractivity (Wildman–Crippen MR) is 110 cm³/mol. The lowest BCUT2D eigenvalue weighted by atomic mass is 10.1. The first-order valence-corrected chi connectivity index (χ1v) is 10.4. The number of benzene rings is 3. The van der Waals surface area contributed by atoms with E-state index in [-0.39, 0.29) is 15.4 Å². The van der Waals surface area contributed by atoms with Gasteiger partial charge in [0.2, 0.25) is 9.84 Å². The van der Waals surface area contributed by atoms with E-state index in [2.05, 4.69) is 13.8 Å². The van der Waals surface area contributed by atoms with Crippen molar-refractivity contribution in [1.82, 2.24) is 0 Å². The van der Waals surface area contributed by atoms with Gasteiger partial charge in [-0.05, 0) is 42.0 Å². The maximum Gasteiger partial charge on any atom is 0.206 e. The van der Waals surface area contributed by atoms with Crippen LogP contribution in [0.15, 0.2) is 82.6 Å². The monoisotopic (exact) mass is 400 g/mol. The van der Waals surface area contributed by atoms with Gasteiger partial charge in [-0.3, -0.25) is 0 Å². The zero-order valence-electron chi connectivity index (χ0n) is 15.8. The Hall–Kier alpha value is -2.79. The van der Waals surface area contributed by atoms with E-state index < -0.39 is 21.5 Å². The molecule has 0 saturated heterocycles. The van der Waals surface area contributed by atoms with Crippen molar-refractivity contribution >= 4 is 22.0 Å². The van der Waals surface area contributed by atoms with E-state index in [1.807, 2.05) is 0 Å². The van der Waals surface area contributed by atoms with Crippen LogP contribution in [0, 0.1) is 11.6 Å². The molecule has 5 heteroatoms. The summed E-state index contributed by atoms with van der Waals surface area (Å²) in [5, 5.41) is 0. The van der Waals surface area contributed by atoms with Gasteiger partial charge in [0, 0.05) is 11.6 Å². The summed E-state index contributed by atoms with van der Waals surface area (Å²) in [5.74, 6) is -1.29. The molecule has 3 aromatic carbocycles. The van der Waals surface area contributed by atoms with Crippen molar-refractivity contribution in [2.24, 2.45) is 0 Å². The van der Waals surface area contributed by atoms with Crippen LogP contribution < -0.4 is 0 Å². The fraction of sp³-hybridized carbons (Fsp3) is 0.130. The van der Waals surface area contributed by atoms with Gasteiger partial charge in [0.05, 0.1) is 9.79 Å². The minimum atomic E-state index is -3.56. The molecule has 28 heavy (non-hydrogen) atoms. The average molecular weight is 400 g/mol. The molecule has 146 valence electrons. The highest BCUT2D eigenvalue weighted by atomic mass is 32.2. The van der Waals surface area contributed by atoms with Gasteiger partial charge in [0.15, 0.2) is 0 Å². The molecule has 0 atom stereocenters. The summed E-state index contributed by atoms with van der Waals surface area (Å²) in [4.78, 5) is 0.412. The molecule has 0 aliphatic rings. The topological polar surface area (TPSA) is 34.1 Å². The fourth-order valence-electron chi connectivity index (χ4n) is 2.32. The molecule has 0 aliphatic carbocycles. The van der Waals surface area contributed by atoms with E-state index >= 15 is 0 Å². The van der Waals surface area contributed by atoms with Crippen LogP contribution in [0.25, 0.3) is 12.2 Å². The number of sulfone groups is 1. The van der Waals surface area contributed by atoms with Crippen LogP contribution in [0.4, 0.5) is 8.78 Å². The standard InChI is InChI=1S/C20H14F2O2S.C3H8/c21-17-11-10-16(20(22)14-17)9-6-15-7-12-19(13-8-15)25(23,24)18-4-2-1-3-5-18;1-3-2/h1-14H;3H2,1-2H3/b9-6+;. The summed E-state index contributed by atoms with van der Waals surface area (Å²) in [7, 11) is -3.56. The molecule has 0 aromatic heterocycles. The average Bonchev–Trinajstić information content (AvgIpc) is 2.69. The fourth-order valence-corrected chi connectivity index (χ4v) is 3.60. The van der Waals surface area contributed by atoms with Crippen molar-refractivity contribution in [3.63, 3.8) is 0 Å². The van der Waals surface area contributed by atoms with Crippen molar-refractivity contribution in [1.29, 1.82) is 0 Å². The molecule has 0 aliphatic heterocycles. The summed E-state index contributed by atoms with van der Waals surface area (Å²) in [6.45, 7) is 4.25. The first-order chi connectivity index (χ1) is 13.4. The van der Waals surface area contributed by atoms with Crippen molar-refractivity contribution < 1.29 is 17.2 Å². The van der Waals surface area contributed by atoms with E-state index in [0.29, 0.717) is 5.56 Å².